The molecule has 3 heterocycles. The lowest BCUT2D eigenvalue weighted by Gasteiger charge is -2.29. The lowest BCUT2D eigenvalue weighted by Crippen LogP contribution is -2.34. The lowest BCUT2D eigenvalue weighted by atomic mass is 9.77. The van der Waals surface area contributed by atoms with Crippen LogP contribution in [0, 0.1) is 11.7 Å². The number of hydrogen-bond acceptors (Lipinski definition) is 7. The van der Waals surface area contributed by atoms with Crippen molar-refractivity contribution < 1.29 is 32.9 Å². The Morgan fingerprint density at radius 3 is 2.54 bits per heavy atom. The number of amides is 1. The first-order valence-corrected chi connectivity index (χ1v) is 12.9. The van der Waals surface area contributed by atoms with Crippen LogP contribution in [0.25, 0.3) is 6.08 Å². The molecule has 3 aliphatic heterocycles. The van der Waals surface area contributed by atoms with E-state index in [1.165, 1.54) is 17.1 Å². The van der Waals surface area contributed by atoms with E-state index in [-0.39, 0.29) is 43.8 Å². The lowest BCUT2D eigenvalue weighted by molar-refractivity contribution is -0.135. The van der Waals surface area contributed by atoms with Gasteiger partial charge in [0.05, 0.1) is 11.8 Å². The molecule has 0 N–H and O–H groups in total. The summed E-state index contributed by atoms with van der Waals surface area (Å²) in [6, 6.07) is 17.2. The van der Waals surface area contributed by atoms with Gasteiger partial charge >= 0.3 is 0 Å². The molecule has 0 aromatic heterocycles. The second-order valence-corrected chi connectivity index (χ2v) is 9.78. The molecular formula is C30H25FN2O6. The molecule has 3 aromatic rings. The molecule has 7 rings (SSSR count). The van der Waals surface area contributed by atoms with Crippen LogP contribution in [0.5, 0.6) is 28.7 Å². The number of carbonyl (C=O) groups is 1. The van der Waals surface area contributed by atoms with Gasteiger partial charge in [0.25, 0.3) is 5.91 Å². The zero-order valence-corrected chi connectivity index (χ0v) is 21.0. The third-order valence-electron chi connectivity index (χ3n) is 7.42. The van der Waals surface area contributed by atoms with Crippen LogP contribution in [0.2, 0.25) is 0 Å². The number of ether oxygens (including phenoxy) is 5. The summed E-state index contributed by atoms with van der Waals surface area (Å²) >= 11 is 0. The monoisotopic (exact) mass is 528 g/mol. The predicted molar refractivity (Wildman–Crippen MR) is 139 cm³/mol. The maximum absolute atomic E-state index is 14.1. The minimum Gasteiger partial charge on any atom is -0.481 e. The quantitative estimate of drug-likeness (QED) is 0.436. The van der Waals surface area contributed by atoms with E-state index >= 15 is 0 Å². The average Bonchev–Trinajstić information content (AvgIpc) is 3.70. The Bertz CT molecular complexity index is 1520. The summed E-state index contributed by atoms with van der Waals surface area (Å²) in [6.07, 6.45) is 4.77. The third-order valence-corrected chi connectivity index (χ3v) is 7.42. The molecule has 4 aliphatic rings. The van der Waals surface area contributed by atoms with E-state index in [0.29, 0.717) is 17.2 Å². The second kappa shape index (κ2) is 9.65. The minimum atomic E-state index is -0.520. The van der Waals surface area contributed by atoms with Gasteiger partial charge in [-0.05, 0) is 78.4 Å². The Labute approximate surface area is 224 Å². The van der Waals surface area contributed by atoms with Crippen molar-refractivity contribution in [2.24, 2.45) is 11.0 Å². The number of para-hydroxylation sites is 1. The predicted octanol–water partition coefficient (Wildman–Crippen LogP) is 5.49. The van der Waals surface area contributed by atoms with Crippen LogP contribution in [0.4, 0.5) is 4.39 Å². The highest BCUT2D eigenvalue weighted by molar-refractivity contribution is 6.08. The first-order chi connectivity index (χ1) is 19.1. The van der Waals surface area contributed by atoms with Crippen molar-refractivity contribution in [3.05, 3.63) is 83.2 Å². The molecule has 0 spiro atoms. The van der Waals surface area contributed by atoms with E-state index in [0.717, 1.165) is 47.4 Å². The Balaban J connectivity index is 1.23. The molecule has 0 unspecified atom stereocenters. The van der Waals surface area contributed by atoms with Crippen LogP contribution in [0.3, 0.4) is 0 Å². The molecule has 0 saturated heterocycles. The minimum absolute atomic E-state index is 0.0169. The normalized spacial score (nSPS) is 21.6. The molecule has 9 heteroatoms. The van der Waals surface area contributed by atoms with E-state index in [1.807, 2.05) is 36.4 Å². The van der Waals surface area contributed by atoms with Crippen molar-refractivity contribution in [2.45, 2.75) is 25.3 Å². The molecule has 0 bridgehead atoms. The average molecular weight is 529 g/mol. The first-order valence-electron chi connectivity index (χ1n) is 12.9. The van der Waals surface area contributed by atoms with E-state index < -0.39 is 5.82 Å². The van der Waals surface area contributed by atoms with Gasteiger partial charge in [-0.2, -0.15) is 5.10 Å². The molecule has 8 nitrogen and oxygen atoms in total. The van der Waals surface area contributed by atoms with E-state index in [1.54, 1.807) is 12.1 Å². The largest absolute Gasteiger partial charge is 0.481 e. The SMILES string of the molecule is O=C(COc1ccccc1F)N1N=C2/C(=C/c3ccc4c(c3)OCO4)CCC[C@H]2[C@@H]1c1ccc2c(c1)OCO2. The van der Waals surface area contributed by atoms with Crippen molar-refractivity contribution >= 4 is 17.7 Å². The van der Waals surface area contributed by atoms with E-state index in [4.69, 9.17) is 28.8 Å². The zero-order chi connectivity index (χ0) is 26.3. The Kier molecular flexibility index (Phi) is 5.83. The van der Waals surface area contributed by atoms with Crippen molar-refractivity contribution in [1.29, 1.82) is 0 Å². The number of benzene rings is 3. The number of hydrazone groups is 1. The summed E-state index contributed by atoms with van der Waals surface area (Å²) in [6.45, 7) is 0.0379. The fourth-order valence-electron chi connectivity index (χ4n) is 5.61. The maximum Gasteiger partial charge on any atom is 0.281 e. The van der Waals surface area contributed by atoms with Crippen molar-refractivity contribution in [3.63, 3.8) is 0 Å². The topological polar surface area (TPSA) is 78.8 Å². The van der Waals surface area contributed by atoms with E-state index in [9.17, 15) is 9.18 Å². The summed E-state index contributed by atoms with van der Waals surface area (Å²) in [5.41, 5.74) is 3.82. The third kappa shape index (κ3) is 4.33. The summed E-state index contributed by atoms with van der Waals surface area (Å²) in [7, 11) is 0. The molecular weight excluding hydrogens is 503 g/mol. The molecule has 3 aromatic carbocycles. The number of allylic oxidation sites excluding steroid dienone is 1. The Morgan fingerprint density at radius 2 is 1.72 bits per heavy atom. The van der Waals surface area contributed by atoms with Crippen LogP contribution in [-0.4, -0.2) is 36.8 Å². The molecule has 1 saturated carbocycles. The highest BCUT2D eigenvalue weighted by Crippen LogP contribution is 2.46. The molecule has 198 valence electrons. The van der Waals surface area contributed by atoms with Crippen molar-refractivity contribution in [1.82, 2.24) is 5.01 Å². The van der Waals surface area contributed by atoms with Gasteiger partial charge in [0, 0.05) is 5.92 Å². The van der Waals surface area contributed by atoms with Crippen LogP contribution in [0.15, 0.2) is 71.3 Å². The smallest absolute Gasteiger partial charge is 0.281 e. The fraction of sp³-hybridized carbons (Fsp3) is 0.267. The Hall–Kier alpha value is -4.53. The van der Waals surface area contributed by atoms with Gasteiger partial charge in [0.2, 0.25) is 13.6 Å². The number of hydrogen-bond donors (Lipinski definition) is 0. The van der Waals surface area contributed by atoms with Crippen molar-refractivity contribution in [3.8, 4) is 28.7 Å². The number of fused-ring (bicyclic) bond motifs is 3. The van der Waals surface area contributed by atoms with Gasteiger partial charge in [-0.3, -0.25) is 4.79 Å². The number of carbonyl (C=O) groups excluding carboxylic acids is 1. The van der Waals surface area contributed by atoms with Crippen LogP contribution in [0.1, 0.15) is 36.4 Å². The number of halogens is 1. The number of rotatable bonds is 5. The summed E-state index contributed by atoms with van der Waals surface area (Å²) in [5.74, 6) is 1.89. The summed E-state index contributed by atoms with van der Waals surface area (Å²) in [4.78, 5) is 13.5. The maximum atomic E-state index is 14.1. The first kappa shape index (κ1) is 23.6. The van der Waals surface area contributed by atoms with Gasteiger partial charge in [0.1, 0.15) is 0 Å². The Morgan fingerprint density at radius 1 is 0.974 bits per heavy atom. The zero-order valence-electron chi connectivity index (χ0n) is 21.0. The molecule has 2 atom stereocenters. The standard InChI is InChI=1S/C30H25FN2O6/c31-22-6-1-2-7-23(22)35-15-28(34)33-30(20-9-11-25-27(14-20)39-17-37-25)21-5-3-4-19(29(21)32-33)12-18-8-10-24-26(13-18)38-16-36-24/h1-2,6-14,21,30H,3-5,15-17H2/b19-12+/t21-,30+/m1/s1. The van der Waals surface area contributed by atoms with Crippen LogP contribution >= 0.6 is 0 Å². The molecule has 1 amide bonds. The summed E-state index contributed by atoms with van der Waals surface area (Å²) in [5, 5.41) is 6.37. The van der Waals surface area contributed by atoms with Gasteiger partial charge in [-0.15, -0.1) is 0 Å². The van der Waals surface area contributed by atoms with E-state index in [2.05, 4.69) is 6.08 Å². The molecule has 1 fully saturated rings. The van der Waals surface area contributed by atoms with Gasteiger partial charge in [-0.1, -0.05) is 24.3 Å². The van der Waals surface area contributed by atoms with Crippen LogP contribution < -0.4 is 23.7 Å². The highest BCUT2D eigenvalue weighted by atomic mass is 19.1. The summed E-state index contributed by atoms with van der Waals surface area (Å²) < 4.78 is 41.8. The second-order valence-electron chi connectivity index (χ2n) is 9.78. The van der Waals surface area contributed by atoms with Gasteiger partial charge < -0.3 is 23.7 Å². The highest BCUT2D eigenvalue weighted by Gasteiger charge is 2.44. The molecule has 0 radical (unpaired) electrons. The van der Waals surface area contributed by atoms with Crippen molar-refractivity contribution in [2.75, 3.05) is 20.2 Å². The molecule has 1 aliphatic carbocycles. The number of nitrogens with zero attached hydrogens (tertiary/aromatic N) is 2. The van der Waals surface area contributed by atoms with Gasteiger partial charge in [0.15, 0.2) is 41.2 Å². The molecule has 39 heavy (non-hydrogen) atoms. The van der Waals surface area contributed by atoms with Gasteiger partial charge in [-0.25, -0.2) is 9.40 Å². The van der Waals surface area contributed by atoms with Crippen LogP contribution in [-0.2, 0) is 4.79 Å². The fourth-order valence-corrected chi connectivity index (χ4v) is 5.61.